The van der Waals surface area contributed by atoms with Gasteiger partial charge in [0.1, 0.15) is 0 Å². The SMILES string of the molecule is CC(C)Oc1cc(C(=O)O)cnc1F. The summed E-state index contributed by atoms with van der Waals surface area (Å²) in [6.45, 7) is 3.43. The molecule has 1 aromatic rings. The predicted octanol–water partition coefficient (Wildman–Crippen LogP) is 1.71. The lowest BCUT2D eigenvalue weighted by Gasteiger charge is -2.09. The quantitative estimate of drug-likeness (QED) is 0.753. The molecular weight excluding hydrogens is 189 g/mol. The summed E-state index contributed by atoms with van der Waals surface area (Å²) >= 11 is 0. The molecule has 0 fully saturated rings. The van der Waals surface area contributed by atoms with E-state index >= 15 is 0 Å². The van der Waals surface area contributed by atoms with Crippen molar-refractivity contribution in [3.8, 4) is 5.75 Å². The Kier molecular flexibility index (Phi) is 3.01. The summed E-state index contributed by atoms with van der Waals surface area (Å²) in [4.78, 5) is 13.8. The lowest BCUT2D eigenvalue weighted by atomic mass is 10.3. The van der Waals surface area contributed by atoms with Gasteiger partial charge < -0.3 is 9.84 Å². The van der Waals surface area contributed by atoms with E-state index in [9.17, 15) is 9.18 Å². The third-order valence-electron chi connectivity index (χ3n) is 1.42. The summed E-state index contributed by atoms with van der Waals surface area (Å²) in [5.74, 6) is -2.10. The van der Waals surface area contributed by atoms with Gasteiger partial charge in [-0.25, -0.2) is 9.78 Å². The molecule has 76 valence electrons. The Morgan fingerprint density at radius 1 is 1.64 bits per heavy atom. The second-order valence-electron chi connectivity index (χ2n) is 2.98. The van der Waals surface area contributed by atoms with Gasteiger partial charge in [-0.15, -0.1) is 0 Å². The van der Waals surface area contributed by atoms with Crippen LogP contribution in [0.1, 0.15) is 24.2 Å². The number of pyridine rings is 1. The summed E-state index contributed by atoms with van der Waals surface area (Å²) in [5.41, 5.74) is -0.0953. The first kappa shape index (κ1) is 10.4. The lowest BCUT2D eigenvalue weighted by molar-refractivity contribution is 0.0695. The van der Waals surface area contributed by atoms with E-state index in [0.29, 0.717) is 0 Å². The monoisotopic (exact) mass is 199 g/mol. The molecule has 1 heterocycles. The lowest BCUT2D eigenvalue weighted by Crippen LogP contribution is -2.09. The second kappa shape index (κ2) is 4.04. The summed E-state index contributed by atoms with van der Waals surface area (Å²) in [7, 11) is 0. The van der Waals surface area contributed by atoms with Crippen molar-refractivity contribution in [2.75, 3.05) is 0 Å². The number of hydrogen-bond acceptors (Lipinski definition) is 3. The molecule has 1 aromatic heterocycles. The van der Waals surface area contributed by atoms with E-state index in [1.807, 2.05) is 0 Å². The van der Waals surface area contributed by atoms with Crippen LogP contribution in [-0.4, -0.2) is 22.2 Å². The van der Waals surface area contributed by atoms with Crippen LogP contribution in [0.4, 0.5) is 4.39 Å². The molecule has 0 spiro atoms. The number of hydrogen-bond donors (Lipinski definition) is 1. The molecule has 0 radical (unpaired) electrons. The first-order valence-corrected chi connectivity index (χ1v) is 4.06. The van der Waals surface area contributed by atoms with Crippen LogP contribution in [0.15, 0.2) is 12.3 Å². The Balaban J connectivity index is 3.02. The highest BCUT2D eigenvalue weighted by Crippen LogP contribution is 2.17. The van der Waals surface area contributed by atoms with Gasteiger partial charge in [-0.1, -0.05) is 0 Å². The van der Waals surface area contributed by atoms with Crippen molar-refractivity contribution in [1.29, 1.82) is 0 Å². The molecule has 0 aliphatic heterocycles. The van der Waals surface area contributed by atoms with Crippen molar-refractivity contribution in [3.63, 3.8) is 0 Å². The number of nitrogens with zero attached hydrogens (tertiary/aromatic N) is 1. The molecule has 0 aromatic carbocycles. The Morgan fingerprint density at radius 2 is 2.29 bits per heavy atom. The second-order valence-corrected chi connectivity index (χ2v) is 2.98. The molecule has 0 atom stereocenters. The van der Waals surface area contributed by atoms with Gasteiger partial charge in [0.05, 0.1) is 11.7 Å². The first-order chi connectivity index (χ1) is 6.50. The number of halogens is 1. The molecule has 0 saturated carbocycles. The zero-order valence-electron chi connectivity index (χ0n) is 7.82. The Bertz CT molecular complexity index is 352. The van der Waals surface area contributed by atoms with Gasteiger partial charge in [-0.2, -0.15) is 4.39 Å². The summed E-state index contributed by atoms with van der Waals surface area (Å²) in [6, 6.07) is 1.12. The number of carboxylic acid groups (broad SMARTS) is 1. The zero-order chi connectivity index (χ0) is 10.7. The third-order valence-corrected chi connectivity index (χ3v) is 1.42. The summed E-state index contributed by atoms with van der Waals surface area (Å²) < 4.78 is 18.0. The van der Waals surface area contributed by atoms with Gasteiger partial charge in [0.25, 0.3) is 5.95 Å². The zero-order valence-corrected chi connectivity index (χ0v) is 7.82. The average molecular weight is 199 g/mol. The standard InChI is InChI=1S/C9H10FNO3/c1-5(2)14-7-3-6(9(12)13)4-11-8(7)10/h3-5H,1-2H3,(H,12,13). The van der Waals surface area contributed by atoms with E-state index in [-0.39, 0.29) is 17.4 Å². The highest BCUT2D eigenvalue weighted by molar-refractivity contribution is 5.87. The molecule has 0 saturated heterocycles. The van der Waals surface area contributed by atoms with E-state index in [2.05, 4.69) is 4.98 Å². The maximum absolute atomic E-state index is 13.0. The average Bonchev–Trinajstić information content (AvgIpc) is 2.07. The van der Waals surface area contributed by atoms with Crippen LogP contribution in [0.25, 0.3) is 0 Å². The fourth-order valence-electron chi connectivity index (χ4n) is 0.881. The molecule has 0 aliphatic rings. The van der Waals surface area contributed by atoms with Crippen molar-refractivity contribution >= 4 is 5.97 Å². The van der Waals surface area contributed by atoms with Crippen molar-refractivity contribution in [1.82, 2.24) is 4.98 Å². The van der Waals surface area contributed by atoms with Crippen LogP contribution < -0.4 is 4.74 Å². The van der Waals surface area contributed by atoms with Crippen molar-refractivity contribution in [2.24, 2.45) is 0 Å². The van der Waals surface area contributed by atoms with E-state index in [0.717, 1.165) is 12.3 Å². The minimum absolute atomic E-state index is 0.0953. The Labute approximate surface area is 80.3 Å². The largest absolute Gasteiger partial charge is 0.486 e. The van der Waals surface area contributed by atoms with Gasteiger partial charge in [0, 0.05) is 12.3 Å². The van der Waals surface area contributed by atoms with E-state index in [1.165, 1.54) is 0 Å². The van der Waals surface area contributed by atoms with Crippen molar-refractivity contribution in [3.05, 3.63) is 23.8 Å². The number of aromatic carboxylic acids is 1. The van der Waals surface area contributed by atoms with E-state index in [4.69, 9.17) is 9.84 Å². The van der Waals surface area contributed by atoms with Gasteiger partial charge in [0.15, 0.2) is 5.75 Å². The minimum Gasteiger partial charge on any atom is -0.486 e. The number of carbonyl (C=O) groups is 1. The van der Waals surface area contributed by atoms with Crippen LogP contribution in [0.2, 0.25) is 0 Å². The smallest absolute Gasteiger partial charge is 0.337 e. The minimum atomic E-state index is -1.16. The highest BCUT2D eigenvalue weighted by Gasteiger charge is 2.11. The van der Waals surface area contributed by atoms with Crippen LogP contribution in [0.5, 0.6) is 5.75 Å². The number of rotatable bonds is 3. The van der Waals surface area contributed by atoms with Gasteiger partial charge in [0.2, 0.25) is 0 Å². The summed E-state index contributed by atoms with van der Waals surface area (Å²) in [6.07, 6.45) is 0.723. The molecule has 0 unspecified atom stereocenters. The number of ether oxygens (including phenoxy) is 1. The molecule has 14 heavy (non-hydrogen) atoms. The molecule has 1 N–H and O–H groups in total. The highest BCUT2D eigenvalue weighted by atomic mass is 19.1. The van der Waals surface area contributed by atoms with Gasteiger partial charge in [-0.3, -0.25) is 0 Å². The van der Waals surface area contributed by atoms with Gasteiger partial charge in [-0.05, 0) is 13.8 Å². The fourth-order valence-corrected chi connectivity index (χ4v) is 0.881. The van der Waals surface area contributed by atoms with Gasteiger partial charge >= 0.3 is 5.97 Å². The number of aromatic nitrogens is 1. The van der Waals surface area contributed by atoms with Crippen molar-refractivity contribution < 1.29 is 19.0 Å². The maximum atomic E-state index is 13.0. The molecule has 5 heteroatoms. The van der Waals surface area contributed by atoms with E-state index in [1.54, 1.807) is 13.8 Å². The van der Waals surface area contributed by atoms with Crippen LogP contribution in [-0.2, 0) is 0 Å². The molecule has 0 aliphatic carbocycles. The van der Waals surface area contributed by atoms with Crippen LogP contribution >= 0.6 is 0 Å². The topological polar surface area (TPSA) is 59.4 Å². The predicted molar refractivity (Wildman–Crippen MR) is 46.9 cm³/mol. The first-order valence-electron chi connectivity index (χ1n) is 4.06. The molecule has 1 rings (SSSR count). The molecule has 0 bridgehead atoms. The number of carboxylic acids is 1. The fraction of sp³-hybridized carbons (Fsp3) is 0.333. The third kappa shape index (κ3) is 2.42. The Hall–Kier alpha value is -1.65. The summed E-state index contributed by atoms with van der Waals surface area (Å²) in [5, 5.41) is 8.62. The molecule has 4 nitrogen and oxygen atoms in total. The van der Waals surface area contributed by atoms with E-state index < -0.39 is 11.9 Å². The normalized spacial score (nSPS) is 10.3. The molecular formula is C9H10FNO3. The van der Waals surface area contributed by atoms with Crippen LogP contribution in [0, 0.1) is 5.95 Å². The maximum Gasteiger partial charge on any atom is 0.337 e. The van der Waals surface area contributed by atoms with Crippen molar-refractivity contribution in [2.45, 2.75) is 20.0 Å². The van der Waals surface area contributed by atoms with Crippen LogP contribution in [0.3, 0.4) is 0 Å². The Morgan fingerprint density at radius 3 is 2.79 bits per heavy atom. The molecule has 0 amide bonds.